The first kappa shape index (κ1) is 16.7. The minimum Gasteiger partial charge on any atom is -0.459 e. The second-order valence-corrected chi connectivity index (χ2v) is 5.09. The number of nitrogens with one attached hydrogen (secondary N) is 2. The summed E-state index contributed by atoms with van der Waals surface area (Å²) in [5.74, 6) is 0.215. The van der Waals surface area contributed by atoms with Gasteiger partial charge in [0.05, 0.1) is 19.8 Å². The summed E-state index contributed by atoms with van der Waals surface area (Å²) in [6, 6.07) is 4.06. The molecule has 0 bridgehead atoms. The zero-order valence-electron chi connectivity index (χ0n) is 12.1. The molecule has 1 atom stereocenters. The Hall–Kier alpha value is -1.63. The Morgan fingerprint density at radius 1 is 1.50 bits per heavy atom. The molecule has 1 amide bonds. The van der Waals surface area contributed by atoms with Crippen molar-refractivity contribution in [3.05, 3.63) is 35.3 Å². The molecular formula is C15H18ClFN2O3. The van der Waals surface area contributed by atoms with Gasteiger partial charge >= 0.3 is 0 Å². The molecule has 120 valence electrons. The molecule has 2 heterocycles. The van der Waals surface area contributed by atoms with Crippen LogP contribution in [0.5, 0.6) is 0 Å². The van der Waals surface area contributed by atoms with Crippen molar-refractivity contribution in [2.45, 2.75) is 19.5 Å². The number of benzene rings is 1. The fraction of sp³-hybridized carbons (Fsp3) is 0.400. The van der Waals surface area contributed by atoms with Gasteiger partial charge in [-0.25, -0.2) is 4.39 Å². The van der Waals surface area contributed by atoms with Crippen LogP contribution < -0.4 is 10.6 Å². The van der Waals surface area contributed by atoms with Crippen molar-refractivity contribution in [2.24, 2.45) is 0 Å². The summed E-state index contributed by atoms with van der Waals surface area (Å²) in [7, 11) is 0. The minimum atomic E-state index is -0.333. The summed E-state index contributed by atoms with van der Waals surface area (Å²) in [5, 5.41) is 6.64. The number of fused-ring (bicyclic) bond motifs is 1. The average Bonchev–Trinajstić information content (AvgIpc) is 2.82. The molecule has 1 aromatic carbocycles. The van der Waals surface area contributed by atoms with Crippen LogP contribution in [-0.2, 0) is 16.1 Å². The number of rotatable bonds is 3. The summed E-state index contributed by atoms with van der Waals surface area (Å²) >= 11 is 0. The normalized spacial score (nSPS) is 18.0. The fourth-order valence-electron chi connectivity index (χ4n) is 2.44. The molecule has 2 aromatic rings. The number of halogens is 2. The molecule has 0 saturated carbocycles. The van der Waals surface area contributed by atoms with E-state index in [0.29, 0.717) is 31.1 Å². The lowest BCUT2D eigenvalue weighted by molar-refractivity contribution is -0.126. The lowest BCUT2D eigenvalue weighted by Crippen LogP contribution is -2.51. The predicted molar refractivity (Wildman–Crippen MR) is 82.6 cm³/mol. The van der Waals surface area contributed by atoms with E-state index in [4.69, 9.17) is 9.15 Å². The number of hydrogen-bond donors (Lipinski definition) is 2. The molecule has 1 fully saturated rings. The first-order valence-corrected chi connectivity index (χ1v) is 6.91. The summed E-state index contributed by atoms with van der Waals surface area (Å²) in [5.41, 5.74) is 1.47. The van der Waals surface area contributed by atoms with Crippen molar-refractivity contribution in [1.82, 2.24) is 10.6 Å². The topological polar surface area (TPSA) is 63.5 Å². The Morgan fingerprint density at radius 2 is 2.32 bits per heavy atom. The molecule has 1 aliphatic rings. The molecule has 1 aromatic heterocycles. The van der Waals surface area contributed by atoms with Gasteiger partial charge in [-0.05, 0) is 25.1 Å². The first-order valence-electron chi connectivity index (χ1n) is 6.91. The predicted octanol–water partition coefficient (Wildman–Crippen LogP) is 1.91. The van der Waals surface area contributed by atoms with Crippen LogP contribution in [0.2, 0.25) is 0 Å². The SMILES string of the molecule is Cc1c(CNC(=O)C2COCCN2)oc2ccc(F)cc12.Cl. The highest BCUT2D eigenvalue weighted by atomic mass is 35.5. The molecule has 0 spiro atoms. The Balaban J connectivity index is 0.00000176. The summed E-state index contributed by atoms with van der Waals surface area (Å²) in [6.45, 7) is 3.79. The van der Waals surface area contributed by atoms with Gasteiger partial charge in [0.25, 0.3) is 0 Å². The molecular weight excluding hydrogens is 311 g/mol. The molecule has 0 aliphatic carbocycles. The van der Waals surface area contributed by atoms with Crippen LogP contribution in [0.15, 0.2) is 22.6 Å². The molecule has 1 saturated heterocycles. The smallest absolute Gasteiger partial charge is 0.239 e. The zero-order chi connectivity index (χ0) is 14.8. The Morgan fingerprint density at radius 3 is 3.05 bits per heavy atom. The number of aryl methyl sites for hydroxylation is 1. The van der Waals surface area contributed by atoms with Gasteiger partial charge in [-0.1, -0.05) is 0 Å². The number of hydrogen-bond acceptors (Lipinski definition) is 4. The Labute approximate surface area is 133 Å². The van der Waals surface area contributed by atoms with E-state index < -0.39 is 0 Å². The summed E-state index contributed by atoms with van der Waals surface area (Å²) in [4.78, 5) is 12.0. The second kappa shape index (κ2) is 7.09. The van der Waals surface area contributed by atoms with Gasteiger partial charge in [0.2, 0.25) is 5.91 Å². The third-order valence-electron chi connectivity index (χ3n) is 3.66. The van der Waals surface area contributed by atoms with E-state index in [9.17, 15) is 9.18 Å². The van der Waals surface area contributed by atoms with E-state index in [1.54, 1.807) is 6.07 Å². The third kappa shape index (κ3) is 3.40. The molecule has 0 radical (unpaired) electrons. The molecule has 3 rings (SSSR count). The van der Waals surface area contributed by atoms with Crippen molar-refractivity contribution in [1.29, 1.82) is 0 Å². The van der Waals surface area contributed by atoms with Gasteiger partial charge in [0, 0.05) is 17.5 Å². The van der Waals surface area contributed by atoms with Gasteiger partial charge in [-0.15, -0.1) is 12.4 Å². The molecule has 1 unspecified atom stereocenters. The minimum absolute atomic E-state index is 0. The van der Waals surface area contributed by atoms with E-state index in [0.717, 1.165) is 10.9 Å². The first-order chi connectivity index (χ1) is 10.1. The van der Waals surface area contributed by atoms with Gasteiger partial charge in [0.15, 0.2) is 0 Å². The number of morpholine rings is 1. The maximum absolute atomic E-state index is 13.2. The second-order valence-electron chi connectivity index (χ2n) is 5.09. The molecule has 7 heteroatoms. The molecule has 5 nitrogen and oxygen atoms in total. The molecule has 2 N–H and O–H groups in total. The lowest BCUT2D eigenvalue weighted by atomic mass is 10.1. The van der Waals surface area contributed by atoms with Gasteiger partial charge in [-0.2, -0.15) is 0 Å². The van der Waals surface area contributed by atoms with E-state index in [1.807, 2.05) is 6.92 Å². The Kier molecular flexibility index (Phi) is 5.39. The van der Waals surface area contributed by atoms with E-state index in [1.165, 1.54) is 12.1 Å². The van der Waals surface area contributed by atoms with E-state index >= 15 is 0 Å². The number of carbonyl (C=O) groups is 1. The van der Waals surface area contributed by atoms with Crippen LogP contribution in [-0.4, -0.2) is 31.7 Å². The van der Waals surface area contributed by atoms with Crippen molar-refractivity contribution in [2.75, 3.05) is 19.8 Å². The van der Waals surface area contributed by atoms with Crippen LogP contribution in [0.25, 0.3) is 11.0 Å². The molecule has 22 heavy (non-hydrogen) atoms. The van der Waals surface area contributed by atoms with E-state index in [2.05, 4.69) is 10.6 Å². The molecule has 1 aliphatic heterocycles. The maximum atomic E-state index is 13.2. The zero-order valence-corrected chi connectivity index (χ0v) is 13.0. The van der Waals surface area contributed by atoms with Crippen molar-refractivity contribution >= 4 is 29.3 Å². The van der Waals surface area contributed by atoms with Gasteiger partial charge in [0.1, 0.15) is 23.2 Å². The number of carbonyl (C=O) groups excluding carboxylic acids is 1. The average molecular weight is 329 g/mol. The highest BCUT2D eigenvalue weighted by Gasteiger charge is 2.21. The largest absolute Gasteiger partial charge is 0.459 e. The van der Waals surface area contributed by atoms with Crippen LogP contribution in [0.1, 0.15) is 11.3 Å². The standard InChI is InChI=1S/C15H17FN2O3.ClH/c1-9-11-6-10(16)2-3-13(11)21-14(9)7-18-15(19)12-8-20-5-4-17-12;/h2-3,6,12,17H,4-5,7-8H2,1H3,(H,18,19);1H. The van der Waals surface area contributed by atoms with Crippen LogP contribution in [0.3, 0.4) is 0 Å². The van der Waals surface area contributed by atoms with Gasteiger partial charge in [-0.3, -0.25) is 4.79 Å². The van der Waals surface area contributed by atoms with E-state index in [-0.39, 0.29) is 36.7 Å². The van der Waals surface area contributed by atoms with Crippen molar-refractivity contribution in [3.63, 3.8) is 0 Å². The Bertz CT molecular complexity index is 668. The number of ether oxygens (including phenoxy) is 1. The van der Waals surface area contributed by atoms with Gasteiger partial charge < -0.3 is 19.8 Å². The number of furan rings is 1. The van der Waals surface area contributed by atoms with Crippen molar-refractivity contribution in [3.8, 4) is 0 Å². The highest BCUT2D eigenvalue weighted by molar-refractivity contribution is 5.85. The monoisotopic (exact) mass is 328 g/mol. The van der Waals surface area contributed by atoms with Crippen LogP contribution >= 0.6 is 12.4 Å². The van der Waals surface area contributed by atoms with Crippen LogP contribution in [0, 0.1) is 12.7 Å². The summed E-state index contributed by atoms with van der Waals surface area (Å²) in [6.07, 6.45) is 0. The highest BCUT2D eigenvalue weighted by Crippen LogP contribution is 2.25. The maximum Gasteiger partial charge on any atom is 0.239 e. The summed E-state index contributed by atoms with van der Waals surface area (Å²) < 4.78 is 24.2. The lowest BCUT2D eigenvalue weighted by Gasteiger charge is -2.22. The third-order valence-corrected chi connectivity index (χ3v) is 3.66. The van der Waals surface area contributed by atoms with Crippen molar-refractivity contribution < 1.29 is 18.3 Å². The number of amides is 1. The quantitative estimate of drug-likeness (QED) is 0.903. The fourth-order valence-corrected chi connectivity index (χ4v) is 2.44. The van der Waals surface area contributed by atoms with Crippen LogP contribution in [0.4, 0.5) is 4.39 Å².